The molecule has 28 heavy (non-hydrogen) atoms. The Morgan fingerprint density at radius 3 is 2.79 bits per heavy atom. The van der Waals surface area contributed by atoms with Gasteiger partial charge in [-0.25, -0.2) is 4.68 Å². The van der Waals surface area contributed by atoms with Crippen molar-refractivity contribution in [3.63, 3.8) is 0 Å². The van der Waals surface area contributed by atoms with Crippen LogP contribution in [0.15, 0.2) is 48.7 Å². The number of nitrogen functional groups attached to an aromatic ring is 1. The summed E-state index contributed by atoms with van der Waals surface area (Å²) in [6.07, 6.45) is 4.65. The van der Waals surface area contributed by atoms with Crippen molar-refractivity contribution in [2.75, 3.05) is 5.73 Å². The van der Waals surface area contributed by atoms with Crippen molar-refractivity contribution in [3.8, 4) is 5.69 Å². The summed E-state index contributed by atoms with van der Waals surface area (Å²) in [4.78, 5) is 13.0. The minimum Gasteiger partial charge on any atom is -0.399 e. The highest BCUT2D eigenvalue weighted by atomic mass is 35.5. The molecule has 1 heterocycles. The lowest BCUT2D eigenvalue weighted by Gasteiger charge is -2.26. The number of aryl methyl sites for hydroxylation is 2. The van der Waals surface area contributed by atoms with E-state index in [9.17, 15) is 4.79 Å². The topological polar surface area (TPSA) is 72.9 Å². The van der Waals surface area contributed by atoms with Crippen LogP contribution in [0, 0.1) is 13.8 Å². The summed E-state index contributed by atoms with van der Waals surface area (Å²) in [6, 6.07) is 14.0. The lowest BCUT2D eigenvalue weighted by atomic mass is 9.87. The molecule has 0 bridgehead atoms. The van der Waals surface area contributed by atoms with Crippen LogP contribution in [0.3, 0.4) is 0 Å². The van der Waals surface area contributed by atoms with Crippen LogP contribution < -0.4 is 11.1 Å². The number of amides is 1. The highest BCUT2D eigenvalue weighted by Crippen LogP contribution is 2.31. The van der Waals surface area contributed by atoms with Crippen LogP contribution in [0.2, 0.25) is 0 Å². The van der Waals surface area contributed by atoms with E-state index in [0.29, 0.717) is 5.56 Å². The average Bonchev–Trinajstić information content (AvgIpc) is 3.03. The van der Waals surface area contributed by atoms with Gasteiger partial charge in [0.25, 0.3) is 5.91 Å². The Morgan fingerprint density at radius 1 is 1.21 bits per heavy atom. The van der Waals surface area contributed by atoms with E-state index in [2.05, 4.69) is 10.4 Å². The van der Waals surface area contributed by atoms with Crippen molar-refractivity contribution in [1.82, 2.24) is 15.1 Å². The average molecular weight is 397 g/mol. The van der Waals surface area contributed by atoms with E-state index < -0.39 is 0 Å². The molecule has 1 aliphatic carbocycles. The molecule has 2 aromatic carbocycles. The highest BCUT2D eigenvalue weighted by molar-refractivity contribution is 5.95. The number of hydrogen-bond donors (Lipinski definition) is 2. The number of rotatable bonds is 3. The Morgan fingerprint density at radius 2 is 2.00 bits per heavy atom. The van der Waals surface area contributed by atoms with Crippen LogP contribution in [0.4, 0.5) is 5.69 Å². The standard InChI is InChI=1S/C22H24N4O.ClH/c1-14-6-3-4-9-21(14)26-15(2)19(13-24-26)22(27)25-20-8-5-7-16-12-17(23)10-11-18(16)20;/h3-4,6,9-13,20H,5,7-8,23H2,1-2H3,(H,25,27);1H. The van der Waals surface area contributed by atoms with Gasteiger partial charge in [-0.2, -0.15) is 5.10 Å². The van der Waals surface area contributed by atoms with E-state index in [1.54, 1.807) is 6.20 Å². The smallest absolute Gasteiger partial charge is 0.255 e. The fourth-order valence-electron chi connectivity index (χ4n) is 3.90. The second-order valence-electron chi connectivity index (χ2n) is 7.22. The monoisotopic (exact) mass is 396 g/mol. The number of halogens is 1. The number of nitrogens with two attached hydrogens (primary N) is 1. The molecule has 0 saturated heterocycles. The van der Waals surface area contributed by atoms with Gasteiger partial charge in [0.15, 0.2) is 0 Å². The van der Waals surface area contributed by atoms with Gasteiger partial charge in [0.05, 0.1) is 29.2 Å². The van der Waals surface area contributed by atoms with E-state index in [-0.39, 0.29) is 24.4 Å². The van der Waals surface area contributed by atoms with Crippen LogP contribution in [0.5, 0.6) is 0 Å². The highest BCUT2D eigenvalue weighted by Gasteiger charge is 2.24. The molecule has 0 aliphatic heterocycles. The van der Waals surface area contributed by atoms with Crippen LogP contribution >= 0.6 is 12.4 Å². The second kappa shape index (κ2) is 8.07. The summed E-state index contributed by atoms with van der Waals surface area (Å²) in [5, 5.41) is 7.65. The van der Waals surface area contributed by atoms with Gasteiger partial charge in [0.2, 0.25) is 0 Å². The number of fused-ring (bicyclic) bond motifs is 1. The molecule has 3 N–H and O–H groups in total. The molecular weight excluding hydrogens is 372 g/mol. The zero-order valence-electron chi connectivity index (χ0n) is 16.1. The predicted octanol–water partition coefficient (Wildman–Crippen LogP) is 4.30. The zero-order valence-corrected chi connectivity index (χ0v) is 16.9. The Hall–Kier alpha value is -2.79. The predicted molar refractivity (Wildman–Crippen MR) is 114 cm³/mol. The number of aromatic nitrogens is 2. The first-order chi connectivity index (χ1) is 13.0. The van der Waals surface area contributed by atoms with Gasteiger partial charge < -0.3 is 11.1 Å². The summed E-state index contributed by atoms with van der Waals surface area (Å²) < 4.78 is 1.83. The van der Waals surface area contributed by atoms with Gasteiger partial charge >= 0.3 is 0 Å². The van der Waals surface area contributed by atoms with Gasteiger partial charge in [0.1, 0.15) is 0 Å². The number of hydrogen-bond acceptors (Lipinski definition) is 3. The third-order valence-corrected chi connectivity index (χ3v) is 5.38. The van der Waals surface area contributed by atoms with E-state index in [1.165, 1.54) is 11.1 Å². The summed E-state index contributed by atoms with van der Waals surface area (Å²) in [5.74, 6) is -0.0815. The summed E-state index contributed by atoms with van der Waals surface area (Å²) in [6.45, 7) is 3.98. The van der Waals surface area contributed by atoms with Gasteiger partial charge in [-0.05, 0) is 68.0 Å². The fraction of sp³-hybridized carbons (Fsp3) is 0.273. The molecule has 0 saturated carbocycles. The molecule has 146 valence electrons. The Labute approximate surface area is 171 Å². The summed E-state index contributed by atoms with van der Waals surface area (Å²) in [5.41, 5.74) is 12.7. The van der Waals surface area contributed by atoms with Crippen molar-refractivity contribution in [2.24, 2.45) is 0 Å². The number of nitrogens with zero attached hydrogens (tertiary/aromatic N) is 2. The molecule has 1 aromatic heterocycles. The quantitative estimate of drug-likeness (QED) is 0.648. The zero-order chi connectivity index (χ0) is 19.0. The molecule has 1 aliphatic rings. The van der Waals surface area contributed by atoms with Gasteiger partial charge in [-0.3, -0.25) is 4.79 Å². The molecule has 0 spiro atoms. The third-order valence-electron chi connectivity index (χ3n) is 5.38. The number of para-hydroxylation sites is 1. The van der Waals surface area contributed by atoms with Gasteiger partial charge in [-0.15, -0.1) is 12.4 Å². The molecule has 4 rings (SSSR count). The maximum Gasteiger partial charge on any atom is 0.255 e. The first-order valence-corrected chi connectivity index (χ1v) is 9.34. The first-order valence-electron chi connectivity index (χ1n) is 9.34. The maximum absolute atomic E-state index is 13.0. The van der Waals surface area contributed by atoms with Crippen LogP contribution in [0.25, 0.3) is 5.69 Å². The molecule has 0 radical (unpaired) electrons. The second-order valence-corrected chi connectivity index (χ2v) is 7.22. The van der Waals surface area contributed by atoms with E-state index in [4.69, 9.17) is 5.73 Å². The van der Waals surface area contributed by atoms with E-state index in [0.717, 1.165) is 41.9 Å². The largest absolute Gasteiger partial charge is 0.399 e. The number of carbonyl (C=O) groups is 1. The van der Waals surface area contributed by atoms with Crippen molar-refractivity contribution in [3.05, 3.63) is 76.6 Å². The van der Waals surface area contributed by atoms with Crippen LogP contribution in [-0.2, 0) is 6.42 Å². The maximum atomic E-state index is 13.0. The normalized spacial score (nSPS) is 15.4. The van der Waals surface area contributed by atoms with E-state index >= 15 is 0 Å². The van der Waals surface area contributed by atoms with Gasteiger partial charge in [-0.1, -0.05) is 24.3 Å². The first kappa shape index (κ1) is 20.0. The number of nitrogens with one attached hydrogen (secondary N) is 1. The SMILES string of the molecule is Cc1ccccc1-n1ncc(C(=O)NC2CCCc3cc(N)ccc32)c1C.Cl. The molecule has 3 aromatic rings. The van der Waals surface area contributed by atoms with Crippen molar-refractivity contribution < 1.29 is 4.79 Å². The van der Waals surface area contributed by atoms with Crippen molar-refractivity contribution >= 4 is 24.0 Å². The Balaban J connectivity index is 0.00000225. The van der Waals surface area contributed by atoms with Crippen LogP contribution in [-0.4, -0.2) is 15.7 Å². The Kier molecular flexibility index (Phi) is 5.75. The number of anilines is 1. The molecule has 5 nitrogen and oxygen atoms in total. The molecule has 0 fully saturated rings. The lowest BCUT2D eigenvalue weighted by Crippen LogP contribution is -2.31. The fourth-order valence-corrected chi connectivity index (χ4v) is 3.90. The lowest BCUT2D eigenvalue weighted by molar-refractivity contribution is 0.0932. The summed E-state index contributed by atoms with van der Waals surface area (Å²) in [7, 11) is 0. The van der Waals surface area contributed by atoms with Crippen molar-refractivity contribution in [1.29, 1.82) is 0 Å². The number of benzene rings is 2. The third kappa shape index (κ3) is 3.62. The molecular formula is C22H25ClN4O. The molecule has 1 amide bonds. The minimum atomic E-state index is -0.0815. The van der Waals surface area contributed by atoms with Crippen LogP contribution in [0.1, 0.15) is 51.6 Å². The van der Waals surface area contributed by atoms with Crippen molar-refractivity contribution in [2.45, 2.75) is 39.2 Å². The molecule has 6 heteroatoms. The Bertz CT molecular complexity index is 1010. The molecule has 1 unspecified atom stereocenters. The summed E-state index contributed by atoms with van der Waals surface area (Å²) >= 11 is 0. The van der Waals surface area contributed by atoms with E-state index in [1.807, 2.05) is 61.0 Å². The number of carbonyl (C=O) groups excluding carboxylic acids is 1. The van der Waals surface area contributed by atoms with Gasteiger partial charge in [0, 0.05) is 5.69 Å². The minimum absolute atomic E-state index is 0. The molecule has 1 atom stereocenters.